The van der Waals surface area contributed by atoms with Gasteiger partial charge in [-0.2, -0.15) is 0 Å². The van der Waals surface area contributed by atoms with Crippen LogP contribution in [0.4, 0.5) is 0 Å². The zero-order valence-electron chi connectivity index (χ0n) is 0.577. The molecule has 1 radical (unpaired) electrons. The van der Waals surface area contributed by atoms with Crippen molar-refractivity contribution in [3.63, 3.8) is 0 Å². The molecule has 0 aromatic rings. The van der Waals surface area contributed by atoms with Crippen molar-refractivity contribution in [3.8, 4) is 0 Å². The molecular weight excluding hydrogens is 134 g/mol. The van der Waals surface area contributed by atoms with Crippen LogP contribution in [0.3, 0.4) is 0 Å². The molecule has 0 aromatic carbocycles. The van der Waals surface area contributed by atoms with Crippen molar-refractivity contribution in [2.75, 3.05) is 0 Å². The van der Waals surface area contributed by atoms with Gasteiger partial charge in [0, 0.05) is 25.8 Å². The summed E-state index contributed by atoms with van der Waals surface area (Å²) < 4.78 is 0. The average molecular weight is 139 g/mol. The largest absolute Gasteiger partial charge is 0 e. The third-order valence-corrected chi connectivity index (χ3v) is 0. The van der Waals surface area contributed by atoms with Crippen LogP contribution < -0.4 is 0 Å². The SMILES string of the molecule is [AlH3].[KH].[NaH].[Sc]. The van der Waals surface area contributed by atoms with Crippen LogP contribution in [0, 0.1) is 0 Å². The Labute approximate surface area is 120 Å². The first kappa shape index (κ1) is 24.4. The molecule has 0 aliphatic heterocycles. The Morgan fingerprint density at radius 2 is 1.00 bits per heavy atom. The summed E-state index contributed by atoms with van der Waals surface area (Å²) in [6.45, 7) is 0. The first-order valence-corrected chi connectivity index (χ1v) is 0. The molecule has 0 N–H and O–H groups in total. The molecule has 13 valence electrons. The monoisotopic (exact) mass is 139 g/mol. The summed E-state index contributed by atoms with van der Waals surface area (Å²) in [6.07, 6.45) is 0. The Morgan fingerprint density at radius 3 is 1.00 bits per heavy atom. The summed E-state index contributed by atoms with van der Waals surface area (Å²) in [7, 11) is 0. The van der Waals surface area contributed by atoms with E-state index in [1.54, 1.807) is 0 Å². The molecule has 0 aliphatic carbocycles. The van der Waals surface area contributed by atoms with E-state index in [4.69, 9.17) is 0 Å². The third-order valence-electron chi connectivity index (χ3n) is 0. The van der Waals surface area contributed by atoms with Crippen LogP contribution in [0.1, 0.15) is 0 Å². The molecule has 0 spiro atoms. The molecule has 0 atom stereocenters. The summed E-state index contributed by atoms with van der Waals surface area (Å²) in [4.78, 5) is 0. The van der Waals surface area contributed by atoms with E-state index in [0.717, 1.165) is 0 Å². The van der Waals surface area contributed by atoms with Crippen molar-refractivity contribution in [1.29, 1.82) is 0 Å². The Bertz CT molecular complexity index is 8.00. The van der Waals surface area contributed by atoms with E-state index >= 15 is 0 Å². The third kappa shape index (κ3) is 9.40. The van der Waals surface area contributed by atoms with Crippen LogP contribution in [-0.2, 0) is 25.8 Å². The van der Waals surface area contributed by atoms with Gasteiger partial charge in [0.05, 0.1) is 0 Å². The van der Waals surface area contributed by atoms with Crippen molar-refractivity contribution in [2.45, 2.75) is 0 Å². The predicted molar refractivity (Wildman–Crippen MR) is 24.2 cm³/mol. The van der Waals surface area contributed by atoms with Gasteiger partial charge in [-0.25, -0.2) is 0 Å². The molecule has 0 bridgehead atoms. The van der Waals surface area contributed by atoms with Crippen LogP contribution in [0.15, 0.2) is 0 Å². The normalized spacial score (nSPS) is 0. The molecular formula is H5AlKNaSc. The van der Waals surface area contributed by atoms with Crippen molar-refractivity contribution < 1.29 is 25.8 Å². The number of rotatable bonds is 0. The van der Waals surface area contributed by atoms with Crippen LogP contribution >= 0.6 is 0 Å². The van der Waals surface area contributed by atoms with Crippen molar-refractivity contribution >= 4 is 98.3 Å². The summed E-state index contributed by atoms with van der Waals surface area (Å²) in [6, 6.07) is 0. The van der Waals surface area contributed by atoms with E-state index in [0.29, 0.717) is 0 Å². The Morgan fingerprint density at radius 1 is 1.00 bits per heavy atom. The van der Waals surface area contributed by atoms with E-state index in [1.807, 2.05) is 0 Å². The molecule has 0 amide bonds. The van der Waals surface area contributed by atoms with E-state index in [-0.39, 0.29) is 124 Å². The fourth-order valence-electron chi connectivity index (χ4n) is 0. The molecule has 4 heavy (non-hydrogen) atoms. The second-order valence-electron chi connectivity index (χ2n) is 0. The van der Waals surface area contributed by atoms with Gasteiger partial charge in [-0.1, -0.05) is 0 Å². The Hall–Kier alpha value is 4.04. The molecule has 0 nitrogen and oxygen atoms in total. The van der Waals surface area contributed by atoms with Gasteiger partial charge in [0.2, 0.25) is 0 Å². The quantitative estimate of drug-likeness (QED) is 0.326. The zero-order valence-corrected chi connectivity index (χ0v) is 2.38. The first-order valence-electron chi connectivity index (χ1n) is 0. The van der Waals surface area contributed by atoms with Gasteiger partial charge in [0.25, 0.3) is 0 Å². The molecule has 0 unspecified atom stereocenters. The second-order valence-corrected chi connectivity index (χ2v) is 0. The summed E-state index contributed by atoms with van der Waals surface area (Å²) in [5.41, 5.74) is 0. The topological polar surface area (TPSA) is 0 Å². The second kappa shape index (κ2) is 15.7. The van der Waals surface area contributed by atoms with Gasteiger partial charge in [-0.05, 0) is 0 Å². The molecule has 0 saturated heterocycles. The van der Waals surface area contributed by atoms with E-state index in [2.05, 4.69) is 0 Å². The predicted octanol–water partition coefficient (Wildman–Crippen LogP) is -2.48. The summed E-state index contributed by atoms with van der Waals surface area (Å²) >= 11 is 0. The van der Waals surface area contributed by atoms with Gasteiger partial charge in [-0.3, -0.25) is 0 Å². The fourth-order valence-corrected chi connectivity index (χ4v) is 0. The minimum Gasteiger partial charge on any atom is 0 e. The molecule has 4 heteroatoms. The van der Waals surface area contributed by atoms with Crippen LogP contribution in [0.25, 0.3) is 0 Å². The maximum Gasteiger partial charge on any atom is 0 e. The van der Waals surface area contributed by atoms with Crippen LogP contribution in [0.2, 0.25) is 0 Å². The van der Waals surface area contributed by atoms with Crippen molar-refractivity contribution in [3.05, 3.63) is 0 Å². The summed E-state index contributed by atoms with van der Waals surface area (Å²) in [5.74, 6) is 0. The average Bonchev–Trinajstić information content (AvgIpc) is 0. The smallest absolute Gasteiger partial charge is 0 e. The van der Waals surface area contributed by atoms with Gasteiger partial charge < -0.3 is 0 Å². The van der Waals surface area contributed by atoms with E-state index in [1.165, 1.54) is 0 Å². The minimum absolute atomic E-state index is 0. The van der Waals surface area contributed by atoms with Gasteiger partial charge in [0.1, 0.15) is 0 Å². The zero-order chi connectivity index (χ0) is 0. The molecule has 0 aromatic heterocycles. The standard InChI is InChI=1S/Al.K.Na.Sc.5H. The Kier molecular flexibility index (Phi) is 96.1. The van der Waals surface area contributed by atoms with E-state index in [9.17, 15) is 0 Å². The van der Waals surface area contributed by atoms with Gasteiger partial charge in [0.15, 0.2) is 17.4 Å². The fraction of sp³-hybridized carbons (Fsp3) is 0. The maximum absolute atomic E-state index is 0. The van der Waals surface area contributed by atoms with Crippen molar-refractivity contribution in [2.24, 2.45) is 0 Å². The first-order chi connectivity index (χ1) is 0. The van der Waals surface area contributed by atoms with E-state index < -0.39 is 0 Å². The molecule has 0 aliphatic rings. The molecule has 0 saturated carbocycles. The minimum atomic E-state index is 0. The Balaban J connectivity index is 0. The summed E-state index contributed by atoms with van der Waals surface area (Å²) in [5, 5.41) is 0. The number of hydrogen-bond acceptors (Lipinski definition) is 0. The molecule has 0 heterocycles. The maximum atomic E-state index is 0. The molecule has 0 rings (SSSR count). The van der Waals surface area contributed by atoms with Crippen molar-refractivity contribution in [1.82, 2.24) is 0 Å². The van der Waals surface area contributed by atoms with Crippen LogP contribution in [0.5, 0.6) is 0 Å². The van der Waals surface area contributed by atoms with Gasteiger partial charge in [-0.15, -0.1) is 0 Å². The van der Waals surface area contributed by atoms with Crippen LogP contribution in [-0.4, -0.2) is 98.3 Å². The van der Waals surface area contributed by atoms with Gasteiger partial charge >= 0.3 is 80.9 Å². The molecule has 0 fully saturated rings. The number of hydrogen-bond donors (Lipinski definition) is 0.